The molecule has 29 heavy (non-hydrogen) atoms. The fourth-order valence-electron chi connectivity index (χ4n) is 3.38. The van der Waals surface area contributed by atoms with Crippen molar-refractivity contribution in [3.63, 3.8) is 0 Å². The monoisotopic (exact) mass is 395 g/mol. The first kappa shape index (κ1) is 22.6. The van der Waals surface area contributed by atoms with E-state index in [-0.39, 0.29) is 11.8 Å². The SMILES string of the molecule is CCCN(CCC)CCCC(=O)Nc1cccc(C(=O)Nc2ccccc2)c1C. The molecular formula is C24H33N3O2. The number of rotatable bonds is 11. The zero-order valence-electron chi connectivity index (χ0n) is 17.8. The summed E-state index contributed by atoms with van der Waals surface area (Å²) in [6.45, 7) is 9.31. The Morgan fingerprint density at radius 3 is 2.21 bits per heavy atom. The van der Waals surface area contributed by atoms with Crippen LogP contribution < -0.4 is 10.6 Å². The summed E-state index contributed by atoms with van der Waals surface area (Å²) in [5.41, 5.74) is 2.77. The lowest BCUT2D eigenvalue weighted by molar-refractivity contribution is -0.116. The molecule has 2 aromatic rings. The number of amides is 2. The third kappa shape index (κ3) is 7.35. The molecule has 0 radical (unpaired) electrons. The van der Waals surface area contributed by atoms with Gasteiger partial charge >= 0.3 is 0 Å². The summed E-state index contributed by atoms with van der Waals surface area (Å²) >= 11 is 0. The van der Waals surface area contributed by atoms with Gasteiger partial charge in [-0.1, -0.05) is 38.1 Å². The van der Waals surface area contributed by atoms with Gasteiger partial charge in [-0.25, -0.2) is 0 Å². The van der Waals surface area contributed by atoms with E-state index in [4.69, 9.17) is 0 Å². The molecule has 2 rings (SSSR count). The molecule has 2 amide bonds. The Balaban J connectivity index is 1.93. The van der Waals surface area contributed by atoms with Crippen LogP contribution in [0.3, 0.4) is 0 Å². The Morgan fingerprint density at radius 2 is 1.55 bits per heavy atom. The summed E-state index contributed by atoms with van der Waals surface area (Å²) in [5.74, 6) is -0.193. The lowest BCUT2D eigenvalue weighted by atomic mass is 10.1. The van der Waals surface area contributed by atoms with E-state index in [1.807, 2.05) is 43.3 Å². The number of anilines is 2. The largest absolute Gasteiger partial charge is 0.326 e. The molecule has 0 unspecified atom stereocenters. The Labute approximate surface area is 174 Å². The van der Waals surface area contributed by atoms with Crippen LogP contribution in [-0.4, -0.2) is 36.3 Å². The highest BCUT2D eigenvalue weighted by Gasteiger charge is 2.14. The maximum Gasteiger partial charge on any atom is 0.256 e. The second-order valence-corrected chi connectivity index (χ2v) is 7.29. The van der Waals surface area contributed by atoms with E-state index in [9.17, 15) is 9.59 Å². The summed E-state index contributed by atoms with van der Waals surface area (Å²) in [5, 5.41) is 5.86. The van der Waals surface area contributed by atoms with Gasteiger partial charge in [-0.2, -0.15) is 0 Å². The molecule has 156 valence electrons. The molecule has 5 heteroatoms. The van der Waals surface area contributed by atoms with E-state index in [1.165, 1.54) is 0 Å². The normalized spacial score (nSPS) is 10.8. The van der Waals surface area contributed by atoms with Gasteiger partial charge in [-0.05, 0) is 75.6 Å². The molecule has 0 spiro atoms. The van der Waals surface area contributed by atoms with Gasteiger partial charge in [0, 0.05) is 23.4 Å². The van der Waals surface area contributed by atoms with Crippen molar-refractivity contribution in [2.45, 2.75) is 46.5 Å². The third-order valence-electron chi connectivity index (χ3n) is 4.84. The molecule has 0 heterocycles. The zero-order valence-corrected chi connectivity index (χ0v) is 17.8. The first-order valence-corrected chi connectivity index (χ1v) is 10.5. The van der Waals surface area contributed by atoms with Gasteiger partial charge in [0.1, 0.15) is 0 Å². The zero-order chi connectivity index (χ0) is 21.1. The summed E-state index contributed by atoms with van der Waals surface area (Å²) in [6, 6.07) is 14.8. The smallest absolute Gasteiger partial charge is 0.256 e. The van der Waals surface area contributed by atoms with Gasteiger partial charge in [-0.15, -0.1) is 0 Å². The fourth-order valence-corrected chi connectivity index (χ4v) is 3.38. The highest BCUT2D eigenvalue weighted by atomic mass is 16.2. The number of benzene rings is 2. The quantitative estimate of drug-likeness (QED) is 0.557. The van der Waals surface area contributed by atoms with Crippen molar-refractivity contribution in [2.75, 3.05) is 30.3 Å². The predicted octanol–water partition coefficient (Wildman–Crippen LogP) is 5.09. The Hall–Kier alpha value is -2.66. The molecule has 2 N–H and O–H groups in total. The van der Waals surface area contributed by atoms with Crippen LogP contribution in [-0.2, 0) is 4.79 Å². The summed E-state index contributed by atoms with van der Waals surface area (Å²) < 4.78 is 0. The number of para-hydroxylation sites is 1. The van der Waals surface area contributed by atoms with Crippen LogP contribution >= 0.6 is 0 Å². The van der Waals surface area contributed by atoms with E-state index < -0.39 is 0 Å². The van der Waals surface area contributed by atoms with Crippen molar-refractivity contribution < 1.29 is 9.59 Å². The lowest BCUT2D eigenvalue weighted by Crippen LogP contribution is -2.27. The molecule has 0 fully saturated rings. The lowest BCUT2D eigenvalue weighted by Gasteiger charge is -2.20. The van der Waals surface area contributed by atoms with Gasteiger partial charge in [0.05, 0.1) is 0 Å². The average Bonchev–Trinajstić information content (AvgIpc) is 2.70. The molecule has 0 aliphatic carbocycles. The minimum atomic E-state index is -0.181. The number of carbonyl (C=O) groups excluding carboxylic acids is 2. The maximum absolute atomic E-state index is 12.6. The van der Waals surface area contributed by atoms with Crippen molar-refractivity contribution in [3.05, 3.63) is 59.7 Å². The summed E-state index contributed by atoms with van der Waals surface area (Å²) in [7, 11) is 0. The highest BCUT2D eigenvalue weighted by Crippen LogP contribution is 2.20. The molecule has 0 bridgehead atoms. The van der Waals surface area contributed by atoms with Gasteiger partial charge in [0.25, 0.3) is 5.91 Å². The van der Waals surface area contributed by atoms with Gasteiger partial charge in [0.15, 0.2) is 0 Å². The van der Waals surface area contributed by atoms with Crippen molar-refractivity contribution in [1.29, 1.82) is 0 Å². The Kier molecular flexibility index (Phi) is 9.38. The molecule has 0 saturated carbocycles. The molecule has 2 aromatic carbocycles. The predicted molar refractivity (Wildman–Crippen MR) is 120 cm³/mol. The molecular weight excluding hydrogens is 362 g/mol. The van der Waals surface area contributed by atoms with Crippen LogP contribution in [0.15, 0.2) is 48.5 Å². The summed E-state index contributed by atoms with van der Waals surface area (Å²) in [6.07, 6.45) is 3.56. The standard InChI is InChI=1S/C24H33N3O2/c1-4-16-27(17-5-2)18-10-15-23(28)26-22-14-9-13-21(19(22)3)24(29)25-20-11-7-6-8-12-20/h6-9,11-14H,4-5,10,15-18H2,1-3H3,(H,25,29)(H,26,28). The maximum atomic E-state index is 12.6. The Bertz CT molecular complexity index is 784. The van der Waals surface area contributed by atoms with E-state index in [2.05, 4.69) is 29.4 Å². The third-order valence-corrected chi connectivity index (χ3v) is 4.84. The van der Waals surface area contributed by atoms with Crippen LogP contribution in [0.4, 0.5) is 11.4 Å². The van der Waals surface area contributed by atoms with Crippen LogP contribution in [0, 0.1) is 6.92 Å². The Morgan fingerprint density at radius 1 is 0.862 bits per heavy atom. The molecule has 5 nitrogen and oxygen atoms in total. The van der Waals surface area contributed by atoms with Crippen molar-refractivity contribution >= 4 is 23.2 Å². The molecule has 0 atom stereocenters. The molecule has 0 saturated heterocycles. The second-order valence-electron chi connectivity index (χ2n) is 7.29. The van der Waals surface area contributed by atoms with Crippen molar-refractivity contribution in [3.8, 4) is 0 Å². The number of hydrogen-bond acceptors (Lipinski definition) is 3. The number of nitrogens with one attached hydrogen (secondary N) is 2. The van der Waals surface area contributed by atoms with Crippen molar-refractivity contribution in [1.82, 2.24) is 4.90 Å². The van der Waals surface area contributed by atoms with Crippen LogP contribution in [0.1, 0.15) is 55.5 Å². The van der Waals surface area contributed by atoms with E-state index in [0.717, 1.165) is 50.1 Å². The fraction of sp³-hybridized carbons (Fsp3) is 0.417. The molecule has 0 aliphatic rings. The van der Waals surface area contributed by atoms with Gasteiger partial charge in [0.2, 0.25) is 5.91 Å². The van der Waals surface area contributed by atoms with Crippen LogP contribution in [0.2, 0.25) is 0 Å². The number of nitrogens with zero attached hydrogens (tertiary/aromatic N) is 1. The van der Waals surface area contributed by atoms with Crippen LogP contribution in [0.5, 0.6) is 0 Å². The topological polar surface area (TPSA) is 61.4 Å². The number of hydrogen-bond donors (Lipinski definition) is 2. The van der Waals surface area contributed by atoms with E-state index >= 15 is 0 Å². The van der Waals surface area contributed by atoms with E-state index in [0.29, 0.717) is 17.7 Å². The van der Waals surface area contributed by atoms with Crippen LogP contribution in [0.25, 0.3) is 0 Å². The van der Waals surface area contributed by atoms with Gasteiger partial charge in [-0.3, -0.25) is 9.59 Å². The van der Waals surface area contributed by atoms with Gasteiger partial charge < -0.3 is 15.5 Å². The molecule has 0 aliphatic heterocycles. The van der Waals surface area contributed by atoms with E-state index in [1.54, 1.807) is 12.1 Å². The average molecular weight is 396 g/mol. The number of carbonyl (C=O) groups is 2. The minimum absolute atomic E-state index is 0.0123. The first-order valence-electron chi connectivity index (χ1n) is 10.5. The minimum Gasteiger partial charge on any atom is -0.326 e. The van der Waals surface area contributed by atoms with Crippen molar-refractivity contribution in [2.24, 2.45) is 0 Å². The first-order chi connectivity index (χ1) is 14.0. The summed E-state index contributed by atoms with van der Waals surface area (Å²) in [4.78, 5) is 27.4. The second kappa shape index (κ2) is 12.0. The molecule has 0 aromatic heterocycles. The highest BCUT2D eigenvalue weighted by molar-refractivity contribution is 6.06.